The zero-order valence-electron chi connectivity index (χ0n) is 10.1. The second-order valence-corrected chi connectivity index (χ2v) is 5.74. The number of hydrogen-bond donors (Lipinski definition) is 2. The van der Waals surface area contributed by atoms with E-state index >= 15 is 0 Å². The number of hydrogen-bond acceptors (Lipinski definition) is 2. The van der Waals surface area contributed by atoms with Crippen LogP contribution < -0.4 is 11.1 Å². The molecule has 0 fully saturated rings. The van der Waals surface area contributed by atoms with Gasteiger partial charge in [-0.05, 0) is 47.0 Å². The normalized spacial score (nSPS) is 14.5. The van der Waals surface area contributed by atoms with Crippen molar-refractivity contribution in [3.63, 3.8) is 0 Å². The van der Waals surface area contributed by atoms with E-state index < -0.39 is 5.54 Å². The minimum Gasteiger partial charge on any atom is -0.371 e. The molecule has 1 atom stereocenters. The van der Waals surface area contributed by atoms with Crippen LogP contribution in [0.25, 0.3) is 0 Å². The van der Waals surface area contributed by atoms with Gasteiger partial charge in [0, 0.05) is 10.2 Å². The van der Waals surface area contributed by atoms with Crippen molar-refractivity contribution >= 4 is 39.1 Å². The topological polar surface area (TPSA) is 55.1 Å². The second kappa shape index (κ2) is 5.27. The molecular weight excluding hydrogens is 304 g/mol. The first-order valence-electron chi connectivity index (χ1n) is 5.30. The van der Waals surface area contributed by atoms with E-state index in [0.29, 0.717) is 5.02 Å². The molecule has 0 spiro atoms. The number of primary amides is 1. The zero-order chi connectivity index (χ0) is 13.2. The Balaban J connectivity index is 3.02. The van der Waals surface area contributed by atoms with Crippen molar-refractivity contribution in [1.82, 2.24) is 0 Å². The molecule has 0 aromatic heterocycles. The van der Waals surface area contributed by atoms with Gasteiger partial charge in [-0.1, -0.05) is 25.4 Å². The average Bonchev–Trinajstić information content (AvgIpc) is 2.22. The van der Waals surface area contributed by atoms with E-state index in [0.717, 1.165) is 10.2 Å². The molecule has 0 saturated heterocycles. The second-order valence-electron chi connectivity index (χ2n) is 4.48. The predicted molar refractivity (Wildman–Crippen MR) is 75.2 cm³/mol. The van der Waals surface area contributed by atoms with Crippen LogP contribution in [0.3, 0.4) is 0 Å². The summed E-state index contributed by atoms with van der Waals surface area (Å²) in [6, 6.07) is 5.40. The van der Waals surface area contributed by atoms with Gasteiger partial charge in [-0.15, -0.1) is 0 Å². The van der Waals surface area contributed by atoms with Gasteiger partial charge in [-0.3, -0.25) is 4.79 Å². The molecule has 17 heavy (non-hydrogen) atoms. The molecule has 3 N–H and O–H groups in total. The summed E-state index contributed by atoms with van der Waals surface area (Å²) in [7, 11) is 0. The average molecular weight is 320 g/mol. The molecule has 94 valence electrons. The van der Waals surface area contributed by atoms with E-state index in [4.69, 9.17) is 17.3 Å². The lowest BCUT2D eigenvalue weighted by molar-refractivity contribution is -0.123. The van der Waals surface area contributed by atoms with Crippen LogP contribution in [0.5, 0.6) is 0 Å². The summed E-state index contributed by atoms with van der Waals surface area (Å²) in [6.45, 7) is 5.69. The van der Waals surface area contributed by atoms with Crippen molar-refractivity contribution in [3.8, 4) is 0 Å². The van der Waals surface area contributed by atoms with E-state index in [1.54, 1.807) is 13.0 Å². The van der Waals surface area contributed by atoms with Crippen molar-refractivity contribution in [2.45, 2.75) is 26.3 Å². The van der Waals surface area contributed by atoms with Crippen LogP contribution in [0.4, 0.5) is 5.69 Å². The number of benzene rings is 1. The number of carbonyl (C=O) groups is 1. The van der Waals surface area contributed by atoms with Crippen molar-refractivity contribution in [3.05, 3.63) is 27.7 Å². The Morgan fingerprint density at radius 1 is 1.53 bits per heavy atom. The fourth-order valence-electron chi connectivity index (χ4n) is 1.36. The molecule has 1 rings (SSSR count). The van der Waals surface area contributed by atoms with Gasteiger partial charge in [-0.25, -0.2) is 0 Å². The summed E-state index contributed by atoms with van der Waals surface area (Å²) < 4.78 is 0.778. The Bertz CT molecular complexity index is 437. The van der Waals surface area contributed by atoms with Crippen LogP contribution >= 0.6 is 27.5 Å². The Labute approximate surface area is 115 Å². The van der Waals surface area contributed by atoms with Crippen LogP contribution in [0.2, 0.25) is 5.02 Å². The van der Waals surface area contributed by atoms with Crippen molar-refractivity contribution in [1.29, 1.82) is 0 Å². The fraction of sp³-hybridized carbons (Fsp3) is 0.417. The number of nitrogens with two attached hydrogens (primary N) is 1. The lowest BCUT2D eigenvalue weighted by Crippen LogP contribution is -2.51. The van der Waals surface area contributed by atoms with Gasteiger partial charge >= 0.3 is 0 Å². The van der Waals surface area contributed by atoms with Gasteiger partial charge in [0.1, 0.15) is 5.54 Å². The summed E-state index contributed by atoms with van der Waals surface area (Å²) in [5.74, 6) is -0.298. The summed E-state index contributed by atoms with van der Waals surface area (Å²) in [5.41, 5.74) is 5.47. The third kappa shape index (κ3) is 3.13. The minimum atomic E-state index is -0.784. The largest absolute Gasteiger partial charge is 0.371 e. The molecule has 0 aliphatic rings. The van der Waals surface area contributed by atoms with Gasteiger partial charge in [0.2, 0.25) is 5.91 Å². The van der Waals surface area contributed by atoms with E-state index in [9.17, 15) is 4.79 Å². The molecule has 1 aromatic carbocycles. The van der Waals surface area contributed by atoms with Crippen LogP contribution in [-0.2, 0) is 4.79 Å². The molecule has 5 heteroatoms. The van der Waals surface area contributed by atoms with Gasteiger partial charge in [0.15, 0.2) is 0 Å². The Morgan fingerprint density at radius 3 is 2.53 bits per heavy atom. The molecule has 0 bridgehead atoms. The van der Waals surface area contributed by atoms with Crippen LogP contribution in [0.15, 0.2) is 22.7 Å². The predicted octanol–water partition coefficient (Wildman–Crippen LogP) is 3.41. The quantitative estimate of drug-likeness (QED) is 0.893. The number of carbonyl (C=O) groups excluding carboxylic acids is 1. The highest BCUT2D eigenvalue weighted by Crippen LogP contribution is 2.29. The third-order valence-electron chi connectivity index (χ3n) is 2.99. The molecule has 1 amide bonds. The highest BCUT2D eigenvalue weighted by Gasteiger charge is 2.34. The SMILES string of the molecule is CC(C)C(C)(Nc1ccc(Cl)c(Br)c1)C(N)=O. The minimum absolute atomic E-state index is 0.0782. The molecule has 3 nitrogen and oxygen atoms in total. The third-order valence-corrected chi connectivity index (χ3v) is 4.20. The van der Waals surface area contributed by atoms with Gasteiger partial charge in [-0.2, -0.15) is 0 Å². The van der Waals surface area contributed by atoms with Crippen LogP contribution in [0, 0.1) is 5.92 Å². The Morgan fingerprint density at radius 2 is 2.12 bits per heavy atom. The molecule has 1 aromatic rings. The highest BCUT2D eigenvalue weighted by atomic mass is 79.9. The van der Waals surface area contributed by atoms with Gasteiger partial charge in [0.05, 0.1) is 5.02 Å². The van der Waals surface area contributed by atoms with Crippen LogP contribution in [-0.4, -0.2) is 11.4 Å². The number of nitrogens with one attached hydrogen (secondary N) is 1. The Hall–Kier alpha value is -0.740. The monoisotopic (exact) mass is 318 g/mol. The van der Waals surface area contributed by atoms with Crippen molar-refractivity contribution < 1.29 is 4.79 Å². The van der Waals surface area contributed by atoms with Gasteiger partial charge < -0.3 is 11.1 Å². The summed E-state index contributed by atoms with van der Waals surface area (Å²) in [6.07, 6.45) is 0. The maximum atomic E-state index is 11.5. The first kappa shape index (κ1) is 14.3. The zero-order valence-corrected chi connectivity index (χ0v) is 12.4. The maximum absolute atomic E-state index is 11.5. The molecule has 0 aliphatic carbocycles. The van der Waals surface area contributed by atoms with Crippen LogP contribution in [0.1, 0.15) is 20.8 Å². The summed E-state index contributed by atoms with van der Waals surface area (Å²) in [4.78, 5) is 11.5. The summed E-state index contributed by atoms with van der Waals surface area (Å²) >= 11 is 9.25. The number of rotatable bonds is 4. The van der Waals surface area contributed by atoms with Crippen molar-refractivity contribution in [2.24, 2.45) is 11.7 Å². The number of anilines is 1. The standard InChI is InChI=1S/C12H16BrClN2O/c1-7(2)12(3,11(15)17)16-8-4-5-10(14)9(13)6-8/h4-7,16H,1-3H3,(H2,15,17). The lowest BCUT2D eigenvalue weighted by atomic mass is 9.87. The number of halogens is 2. The molecule has 0 heterocycles. The van der Waals surface area contributed by atoms with E-state index in [-0.39, 0.29) is 11.8 Å². The van der Waals surface area contributed by atoms with Gasteiger partial charge in [0.25, 0.3) is 0 Å². The first-order valence-corrected chi connectivity index (χ1v) is 6.47. The smallest absolute Gasteiger partial charge is 0.243 e. The fourth-order valence-corrected chi connectivity index (χ4v) is 1.86. The van der Waals surface area contributed by atoms with Crippen molar-refractivity contribution in [2.75, 3.05) is 5.32 Å². The number of amides is 1. The first-order chi connectivity index (χ1) is 7.77. The molecule has 0 radical (unpaired) electrons. The molecule has 0 saturated carbocycles. The van der Waals surface area contributed by atoms with E-state index in [1.807, 2.05) is 26.0 Å². The lowest BCUT2D eigenvalue weighted by Gasteiger charge is -2.32. The Kier molecular flexibility index (Phi) is 4.44. The molecule has 1 unspecified atom stereocenters. The highest BCUT2D eigenvalue weighted by molar-refractivity contribution is 9.10. The summed E-state index contributed by atoms with van der Waals surface area (Å²) in [5, 5.41) is 3.78. The van der Waals surface area contributed by atoms with E-state index in [2.05, 4.69) is 21.2 Å². The molecular formula is C12H16BrClN2O. The maximum Gasteiger partial charge on any atom is 0.243 e. The van der Waals surface area contributed by atoms with E-state index in [1.165, 1.54) is 0 Å². The molecule has 0 aliphatic heterocycles.